The molecule has 1 aromatic carbocycles. The summed E-state index contributed by atoms with van der Waals surface area (Å²) in [5, 5.41) is 8.86. The van der Waals surface area contributed by atoms with Crippen LogP contribution in [0.25, 0.3) is 0 Å². The summed E-state index contributed by atoms with van der Waals surface area (Å²) in [5.74, 6) is -0.313. The van der Waals surface area contributed by atoms with Gasteiger partial charge in [0.05, 0.1) is 11.6 Å². The van der Waals surface area contributed by atoms with Crippen molar-refractivity contribution in [2.45, 2.75) is 45.2 Å². The van der Waals surface area contributed by atoms with Crippen LogP contribution in [0.4, 0.5) is 4.39 Å². The molecule has 1 saturated heterocycles. The van der Waals surface area contributed by atoms with Gasteiger partial charge in [0.2, 0.25) is 0 Å². The number of nitrogens with zero attached hydrogens (tertiary/aromatic N) is 2. The van der Waals surface area contributed by atoms with Gasteiger partial charge in [-0.3, -0.25) is 4.90 Å². The normalized spacial score (nSPS) is 21.3. The molecule has 0 aromatic heterocycles. The van der Waals surface area contributed by atoms with Crippen molar-refractivity contribution in [2.24, 2.45) is 0 Å². The van der Waals surface area contributed by atoms with Crippen molar-refractivity contribution in [3.63, 3.8) is 0 Å². The summed E-state index contributed by atoms with van der Waals surface area (Å²) in [4.78, 5) is 2.39. The quantitative estimate of drug-likeness (QED) is 0.799. The Morgan fingerprint density at radius 3 is 2.94 bits per heavy atom. The summed E-state index contributed by atoms with van der Waals surface area (Å²) in [6.45, 7) is 4.04. The van der Waals surface area contributed by atoms with E-state index >= 15 is 0 Å². The van der Waals surface area contributed by atoms with Crippen LogP contribution >= 0.6 is 0 Å². The molecule has 0 radical (unpaired) electrons. The first kappa shape index (κ1) is 13.0. The topological polar surface area (TPSA) is 27.0 Å². The molecular weight excluding hydrogens is 227 g/mol. The van der Waals surface area contributed by atoms with Crippen molar-refractivity contribution in [3.05, 3.63) is 35.1 Å². The zero-order valence-corrected chi connectivity index (χ0v) is 10.8. The van der Waals surface area contributed by atoms with Gasteiger partial charge in [-0.2, -0.15) is 5.26 Å². The maximum atomic E-state index is 13.4. The molecule has 18 heavy (non-hydrogen) atoms. The first-order valence-electron chi connectivity index (χ1n) is 6.62. The molecule has 1 heterocycles. The number of nitriles is 1. The van der Waals surface area contributed by atoms with E-state index in [4.69, 9.17) is 5.26 Å². The molecule has 0 bridgehead atoms. The Morgan fingerprint density at radius 2 is 2.17 bits per heavy atom. The predicted octanol–water partition coefficient (Wildman–Crippen LogP) is 3.46. The number of hydrogen-bond acceptors (Lipinski definition) is 2. The monoisotopic (exact) mass is 246 g/mol. The molecule has 96 valence electrons. The lowest BCUT2D eigenvalue weighted by molar-refractivity contribution is 0.204. The Kier molecular flexibility index (Phi) is 4.33. The van der Waals surface area contributed by atoms with Crippen molar-refractivity contribution >= 4 is 0 Å². The van der Waals surface area contributed by atoms with E-state index in [0.29, 0.717) is 11.6 Å². The third-order valence-electron chi connectivity index (χ3n) is 3.66. The Labute approximate surface area is 108 Å². The van der Waals surface area contributed by atoms with E-state index in [1.165, 1.54) is 31.7 Å². The van der Waals surface area contributed by atoms with Gasteiger partial charge in [-0.15, -0.1) is 0 Å². The molecule has 0 saturated carbocycles. The SMILES string of the molecule is CC1CCCCCN1Cc1cc(F)cc(C#N)c1. The fraction of sp³-hybridized carbons (Fsp3) is 0.533. The average Bonchev–Trinajstić information content (AvgIpc) is 2.54. The Morgan fingerprint density at radius 1 is 1.33 bits per heavy atom. The first-order chi connectivity index (χ1) is 8.69. The second kappa shape index (κ2) is 5.97. The van der Waals surface area contributed by atoms with Crippen LogP contribution in [0, 0.1) is 17.1 Å². The highest BCUT2D eigenvalue weighted by Gasteiger charge is 2.17. The van der Waals surface area contributed by atoms with Crippen LogP contribution in [-0.2, 0) is 6.54 Å². The van der Waals surface area contributed by atoms with Crippen LogP contribution in [0.5, 0.6) is 0 Å². The van der Waals surface area contributed by atoms with Crippen LogP contribution in [0.3, 0.4) is 0 Å². The van der Waals surface area contributed by atoms with Crippen LogP contribution < -0.4 is 0 Å². The Balaban J connectivity index is 2.12. The van der Waals surface area contributed by atoms with E-state index in [-0.39, 0.29) is 5.82 Å². The second-order valence-electron chi connectivity index (χ2n) is 5.13. The summed E-state index contributed by atoms with van der Waals surface area (Å²) in [6, 6.07) is 7.17. The van der Waals surface area contributed by atoms with Crippen LogP contribution in [0.1, 0.15) is 43.7 Å². The van der Waals surface area contributed by atoms with Gasteiger partial charge in [-0.1, -0.05) is 12.8 Å². The van der Waals surface area contributed by atoms with Crippen molar-refractivity contribution in [1.29, 1.82) is 5.26 Å². The molecule has 1 aliphatic rings. The fourth-order valence-electron chi connectivity index (χ4n) is 2.61. The molecule has 1 fully saturated rings. The molecule has 1 aromatic rings. The lowest BCUT2D eigenvalue weighted by Gasteiger charge is -2.26. The number of hydrogen-bond donors (Lipinski definition) is 0. The fourth-order valence-corrected chi connectivity index (χ4v) is 2.61. The maximum absolute atomic E-state index is 13.4. The van der Waals surface area contributed by atoms with Crippen molar-refractivity contribution in [2.75, 3.05) is 6.54 Å². The highest BCUT2D eigenvalue weighted by molar-refractivity contribution is 5.33. The molecule has 2 nitrogen and oxygen atoms in total. The van der Waals surface area contributed by atoms with E-state index < -0.39 is 0 Å². The number of benzene rings is 1. The minimum atomic E-state index is -0.313. The van der Waals surface area contributed by atoms with Crippen LogP contribution in [0.15, 0.2) is 18.2 Å². The average molecular weight is 246 g/mol. The lowest BCUT2D eigenvalue weighted by Crippen LogP contribution is -2.32. The summed E-state index contributed by atoms with van der Waals surface area (Å²) >= 11 is 0. The van der Waals surface area contributed by atoms with Crippen molar-refractivity contribution < 1.29 is 4.39 Å². The molecule has 0 N–H and O–H groups in total. The number of rotatable bonds is 2. The molecule has 0 amide bonds. The summed E-state index contributed by atoms with van der Waals surface area (Å²) < 4.78 is 13.4. The van der Waals surface area contributed by atoms with Gasteiger partial charge >= 0.3 is 0 Å². The van der Waals surface area contributed by atoms with Gasteiger partial charge in [-0.05, 0) is 50.1 Å². The number of likely N-dealkylation sites (tertiary alicyclic amines) is 1. The molecule has 1 atom stereocenters. The molecule has 0 aliphatic carbocycles. The van der Waals surface area contributed by atoms with Crippen molar-refractivity contribution in [3.8, 4) is 6.07 Å². The minimum absolute atomic E-state index is 0.313. The zero-order valence-electron chi connectivity index (χ0n) is 10.8. The predicted molar refractivity (Wildman–Crippen MR) is 69.5 cm³/mol. The van der Waals surface area contributed by atoms with E-state index in [1.54, 1.807) is 12.1 Å². The number of halogens is 1. The van der Waals surface area contributed by atoms with E-state index in [9.17, 15) is 4.39 Å². The second-order valence-corrected chi connectivity index (χ2v) is 5.13. The highest BCUT2D eigenvalue weighted by atomic mass is 19.1. The minimum Gasteiger partial charge on any atom is -0.296 e. The largest absolute Gasteiger partial charge is 0.296 e. The summed E-state index contributed by atoms with van der Waals surface area (Å²) in [5.41, 5.74) is 1.31. The highest BCUT2D eigenvalue weighted by Crippen LogP contribution is 2.19. The van der Waals surface area contributed by atoms with Gasteiger partial charge in [-0.25, -0.2) is 4.39 Å². The van der Waals surface area contributed by atoms with Crippen molar-refractivity contribution in [1.82, 2.24) is 4.90 Å². The smallest absolute Gasteiger partial charge is 0.124 e. The molecule has 1 unspecified atom stereocenters. The Bertz CT molecular complexity index is 450. The van der Waals surface area contributed by atoms with Gasteiger partial charge in [0.25, 0.3) is 0 Å². The van der Waals surface area contributed by atoms with Gasteiger partial charge < -0.3 is 0 Å². The van der Waals surface area contributed by atoms with Crippen LogP contribution in [0.2, 0.25) is 0 Å². The third kappa shape index (κ3) is 3.30. The van der Waals surface area contributed by atoms with Crippen LogP contribution in [-0.4, -0.2) is 17.5 Å². The molecule has 1 aliphatic heterocycles. The van der Waals surface area contributed by atoms with Gasteiger partial charge in [0, 0.05) is 12.6 Å². The first-order valence-corrected chi connectivity index (χ1v) is 6.62. The molecule has 2 rings (SSSR count). The standard InChI is InChI=1S/C15H19FN2/c1-12-5-3-2-4-6-18(12)11-14-7-13(10-17)8-15(16)9-14/h7-9,12H,2-6,11H2,1H3. The van der Waals surface area contributed by atoms with E-state index in [1.807, 2.05) is 6.07 Å². The third-order valence-corrected chi connectivity index (χ3v) is 3.66. The summed E-state index contributed by atoms with van der Waals surface area (Å²) in [7, 11) is 0. The molecule has 3 heteroatoms. The zero-order chi connectivity index (χ0) is 13.0. The lowest BCUT2D eigenvalue weighted by atomic mass is 10.1. The maximum Gasteiger partial charge on any atom is 0.124 e. The van der Waals surface area contributed by atoms with E-state index in [2.05, 4.69) is 11.8 Å². The van der Waals surface area contributed by atoms with Gasteiger partial charge in [0.1, 0.15) is 5.82 Å². The Hall–Kier alpha value is -1.40. The molecular formula is C15H19FN2. The van der Waals surface area contributed by atoms with E-state index in [0.717, 1.165) is 18.7 Å². The van der Waals surface area contributed by atoms with Gasteiger partial charge in [0.15, 0.2) is 0 Å². The summed E-state index contributed by atoms with van der Waals surface area (Å²) in [6.07, 6.45) is 4.99. The molecule has 0 spiro atoms.